The summed E-state index contributed by atoms with van der Waals surface area (Å²) in [6.45, 7) is 0.174. The van der Waals surface area contributed by atoms with Crippen LogP contribution in [0.1, 0.15) is 36.0 Å². The van der Waals surface area contributed by atoms with E-state index in [9.17, 15) is 18.0 Å². The number of fused-ring (bicyclic) bond motifs is 2. The first-order valence-electron chi connectivity index (χ1n) is 9.15. The lowest BCUT2D eigenvalue weighted by molar-refractivity contribution is -0.137. The SMILES string of the molecule is O=C(OCc1ccccc1)N1C2C=C(c3cnccc3C(F)(F)F)CC1CC2. The molecular weight excluding hydrogens is 369 g/mol. The second kappa shape index (κ2) is 7.30. The summed E-state index contributed by atoms with van der Waals surface area (Å²) in [7, 11) is 0. The third-order valence-electron chi connectivity index (χ3n) is 5.28. The summed E-state index contributed by atoms with van der Waals surface area (Å²) in [5.74, 6) is 0. The molecule has 7 heteroatoms. The number of carbonyl (C=O) groups excluding carboxylic acids is 1. The molecule has 0 saturated carbocycles. The van der Waals surface area contributed by atoms with Crippen LogP contribution < -0.4 is 0 Å². The van der Waals surface area contributed by atoms with Crippen molar-refractivity contribution in [1.82, 2.24) is 9.88 Å². The Kier molecular flexibility index (Phi) is 4.83. The number of amides is 1. The first-order valence-corrected chi connectivity index (χ1v) is 9.15. The average Bonchev–Trinajstić information content (AvgIpc) is 2.96. The van der Waals surface area contributed by atoms with Gasteiger partial charge in [-0.3, -0.25) is 9.88 Å². The molecule has 1 amide bonds. The number of halogens is 3. The molecule has 0 aliphatic carbocycles. The van der Waals surface area contributed by atoms with E-state index in [4.69, 9.17) is 4.74 Å². The van der Waals surface area contributed by atoms with E-state index in [1.807, 2.05) is 30.3 Å². The Balaban J connectivity index is 1.52. The fraction of sp³-hybridized carbons (Fsp3) is 0.333. The standard InChI is InChI=1S/C21H19F3N2O2/c22-21(23,24)19-8-9-25-12-18(19)15-10-16-6-7-17(11-15)26(16)20(27)28-13-14-4-2-1-3-5-14/h1-5,8-10,12,16-17H,6-7,11,13H2. The molecule has 0 spiro atoms. The van der Waals surface area contributed by atoms with Gasteiger partial charge in [0.25, 0.3) is 0 Å². The van der Waals surface area contributed by atoms with Crippen molar-refractivity contribution in [2.45, 2.75) is 44.1 Å². The van der Waals surface area contributed by atoms with Crippen molar-refractivity contribution < 1.29 is 22.7 Å². The van der Waals surface area contributed by atoms with Crippen LogP contribution in [0.4, 0.5) is 18.0 Å². The van der Waals surface area contributed by atoms with E-state index in [0.717, 1.165) is 30.7 Å². The molecule has 1 aromatic carbocycles. The summed E-state index contributed by atoms with van der Waals surface area (Å²) in [6.07, 6.45) is 1.14. The molecule has 2 aliphatic rings. The zero-order chi connectivity index (χ0) is 19.7. The van der Waals surface area contributed by atoms with Crippen molar-refractivity contribution in [3.05, 3.63) is 71.6 Å². The number of rotatable bonds is 3. The Hall–Kier alpha value is -2.83. The minimum Gasteiger partial charge on any atom is -0.445 e. The number of alkyl halides is 3. The number of ether oxygens (including phenoxy) is 1. The molecule has 1 fully saturated rings. The third-order valence-corrected chi connectivity index (χ3v) is 5.28. The molecule has 28 heavy (non-hydrogen) atoms. The first-order chi connectivity index (χ1) is 13.4. The van der Waals surface area contributed by atoms with Crippen LogP contribution in [0.25, 0.3) is 5.57 Å². The van der Waals surface area contributed by atoms with Gasteiger partial charge in [-0.2, -0.15) is 13.2 Å². The average molecular weight is 388 g/mol. The van der Waals surface area contributed by atoms with Crippen LogP contribution in [0.2, 0.25) is 0 Å². The Morgan fingerprint density at radius 3 is 2.68 bits per heavy atom. The molecule has 0 N–H and O–H groups in total. The van der Waals surface area contributed by atoms with E-state index in [1.165, 1.54) is 6.20 Å². The molecule has 3 heterocycles. The molecule has 2 aromatic rings. The van der Waals surface area contributed by atoms with Gasteiger partial charge in [-0.05, 0) is 36.5 Å². The van der Waals surface area contributed by atoms with Gasteiger partial charge in [0.2, 0.25) is 0 Å². The predicted molar refractivity (Wildman–Crippen MR) is 97.1 cm³/mol. The number of nitrogens with zero attached hydrogens (tertiary/aromatic N) is 2. The second-order valence-electron chi connectivity index (χ2n) is 7.06. The van der Waals surface area contributed by atoms with Crippen LogP contribution in [0, 0.1) is 0 Å². The maximum atomic E-state index is 13.3. The monoisotopic (exact) mass is 388 g/mol. The number of benzene rings is 1. The van der Waals surface area contributed by atoms with Crippen molar-refractivity contribution >= 4 is 11.7 Å². The highest BCUT2D eigenvalue weighted by Crippen LogP contribution is 2.42. The van der Waals surface area contributed by atoms with Gasteiger partial charge in [0.1, 0.15) is 6.61 Å². The molecule has 2 unspecified atom stereocenters. The number of aromatic nitrogens is 1. The highest BCUT2D eigenvalue weighted by atomic mass is 19.4. The summed E-state index contributed by atoms with van der Waals surface area (Å²) < 4.78 is 45.5. The Morgan fingerprint density at radius 1 is 1.18 bits per heavy atom. The van der Waals surface area contributed by atoms with Crippen molar-refractivity contribution in [3.63, 3.8) is 0 Å². The van der Waals surface area contributed by atoms with E-state index in [1.54, 1.807) is 11.0 Å². The molecule has 4 nitrogen and oxygen atoms in total. The molecule has 2 aliphatic heterocycles. The second-order valence-corrected chi connectivity index (χ2v) is 7.06. The van der Waals surface area contributed by atoms with Crippen molar-refractivity contribution in [3.8, 4) is 0 Å². The molecule has 1 saturated heterocycles. The lowest BCUT2D eigenvalue weighted by Crippen LogP contribution is -2.43. The maximum absolute atomic E-state index is 13.3. The van der Waals surface area contributed by atoms with E-state index in [0.29, 0.717) is 12.0 Å². The van der Waals surface area contributed by atoms with Crippen LogP contribution in [0.3, 0.4) is 0 Å². The fourth-order valence-corrected chi connectivity index (χ4v) is 4.01. The number of carbonyl (C=O) groups is 1. The summed E-state index contributed by atoms with van der Waals surface area (Å²) in [4.78, 5) is 18.1. The molecule has 1 aromatic heterocycles. The Morgan fingerprint density at radius 2 is 1.96 bits per heavy atom. The first kappa shape index (κ1) is 18.5. The van der Waals surface area contributed by atoms with Crippen LogP contribution in [-0.4, -0.2) is 28.1 Å². The van der Waals surface area contributed by atoms with Gasteiger partial charge in [0.15, 0.2) is 0 Å². The zero-order valence-corrected chi connectivity index (χ0v) is 15.0. The van der Waals surface area contributed by atoms with Crippen molar-refractivity contribution in [1.29, 1.82) is 0 Å². The van der Waals surface area contributed by atoms with Crippen molar-refractivity contribution in [2.24, 2.45) is 0 Å². The van der Waals surface area contributed by atoms with Crippen molar-refractivity contribution in [2.75, 3.05) is 0 Å². The summed E-state index contributed by atoms with van der Waals surface area (Å²) in [6, 6.07) is 9.96. The fourth-order valence-electron chi connectivity index (χ4n) is 4.01. The molecular formula is C21H19F3N2O2. The van der Waals surface area contributed by atoms with Gasteiger partial charge in [-0.25, -0.2) is 4.79 Å². The molecule has 4 rings (SSSR count). The van der Waals surface area contributed by atoms with Crippen LogP contribution in [-0.2, 0) is 17.5 Å². The largest absolute Gasteiger partial charge is 0.445 e. The summed E-state index contributed by atoms with van der Waals surface area (Å²) in [5.41, 5.74) is 0.902. The van der Waals surface area contributed by atoms with Gasteiger partial charge in [-0.15, -0.1) is 0 Å². The lowest BCUT2D eigenvalue weighted by Gasteiger charge is -2.33. The highest BCUT2D eigenvalue weighted by molar-refractivity contribution is 5.76. The number of hydrogen-bond acceptors (Lipinski definition) is 3. The summed E-state index contributed by atoms with van der Waals surface area (Å²) >= 11 is 0. The number of hydrogen-bond donors (Lipinski definition) is 0. The third kappa shape index (κ3) is 3.61. The Bertz CT molecular complexity index is 896. The molecule has 2 atom stereocenters. The summed E-state index contributed by atoms with van der Waals surface area (Å²) in [5, 5.41) is 0. The van der Waals surface area contributed by atoms with Gasteiger partial charge >= 0.3 is 12.3 Å². The smallest absolute Gasteiger partial charge is 0.417 e. The minimum absolute atomic E-state index is 0.101. The predicted octanol–water partition coefficient (Wildman–Crippen LogP) is 5.06. The molecule has 0 radical (unpaired) electrons. The van der Waals surface area contributed by atoms with E-state index < -0.39 is 17.8 Å². The molecule has 2 bridgehead atoms. The van der Waals surface area contributed by atoms with E-state index in [-0.39, 0.29) is 24.3 Å². The van der Waals surface area contributed by atoms with E-state index >= 15 is 0 Å². The molecule has 146 valence electrons. The zero-order valence-electron chi connectivity index (χ0n) is 15.0. The van der Waals surface area contributed by atoms with Gasteiger partial charge in [-0.1, -0.05) is 36.4 Å². The van der Waals surface area contributed by atoms with Crippen LogP contribution in [0.15, 0.2) is 54.9 Å². The van der Waals surface area contributed by atoms with Crippen LogP contribution >= 0.6 is 0 Å². The lowest BCUT2D eigenvalue weighted by atomic mass is 9.93. The van der Waals surface area contributed by atoms with Gasteiger partial charge in [0, 0.05) is 24.0 Å². The minimum atomic E-state index is -4.44. The van der Waals surface area contributed by atoms with Gasteiger partial charge in [0.05, 0.1) is 11.6 Å². The Labute approximate surface area is 160 Å². The highest BCUT2D eigenvalue weighted by Gasteiger charge is 2.42. The topological polar surface area (TPSA) is 42.4 Å². The quantitative estimate of drug-likeness (QED) is 0.738. The number of pyridine rings is 1. The normalized spacial score (nSPS) is 21.4. The van der Waals surface area contributed by atoms with E-state index in [2.05, 4.69) is 4.98 Å². The van der Waals surface area contributed by atoms with Gasteiger partial charge < -0.3 is 4.74 Å². The maximum Gasteiger partial charge on any atom is 0.417 e. The van der Waals surface area contributed by atoms with Crippen LogP contribution in [0.5, 0.6) is 0 Å².